The third-order valence-electron chi connectivity index (χ3n) is 4.52. The lowest BCUT2D eigenvalue weighted by Crippen LogP contribution is -2.50. The third kappa shape index (κ3) is 3.32. The standard InChI is InChI=1S/C16H24BrNO/c1-3-13-6-4-5-9-16(13,18)11-12-10-14(19-2)7-8-15(12)17/h7-8,10,13H,3-6,9,11,18H2,1-2H3. The monoisotopic (exact) mass is 325 g/mol. The molecule has 0 aromatic heterocycles. The number of rotatable bonds is 4. The van der Waals surface area contributed by atoms with Crippen molar-refractivity contribution in [2.24, 2.45) is 11.7 Å². The fraction of sp³-hybridized carbons (Fsp3) is 0.625. The molecule has 106 valence electrons. The summed E-state index contributed by atoms with van der Waals surface area (Å²) in [6.07, 6.45) is 7.11. The predicted octanol–water partition coefficient (Wildman–Crippen LogP) is 4.30. The Morgan fingerprint density at radius 2 is 2.21 bits per heavy atom. The second-order valence-corrected chi connectivity index (χ2v) is 6.57. The van der Waals surface area contributed by atoms with E-state index in [1.807, 2.05) is 6.07 Å². The number of halogens is 1. The molecule has 1 fully saturated rings. The van der Waals surface area contributed by atoms with E-state index in [-0.39, 0.29) is 5.54 Å². The van der Waals surface area contributed by atoms with E-state index in [9.17, 15) is 0 Å². The molecule has 0 saturated heterocycles. The van der Waals surface area contributed by atoms with Gasteiger partial charge in [0.1, 0.15) is 5.75 Å². The zero-order valence-corrected chi connectivity index (χ0v) is 13.5. The van der Waals surface area contributed by atoms with E-state index in [0.29, 0.717) is 5.92 Å². The topological polar surface area (TPSA) is 35.2 Å². The van der Waals surface area contributed by atoms with E-state index < -0.39 is 0 Å². The minimum Gasteiger partial charge on any atom is -0.497 e. The zero-order chi connectivity index (χ0) is 13.9. The SMILES string of the molecule is CCC1CCCCC1(N)Cc1cc(OC)ccc1Br. The van der Waals surface area contributed by atoms with Gasteiger partial charge in [-0.05, 0) is 48.9 Å². The van der Waals surface area contributed by atoms with Gasteiger partial charge in [-0.25, -0.2) is 0 Å². The van der Waals surface area contributed by atoms with Crippen LogP contribution in [0.2, 0.25) is 0 Å². The van der Waals surface area contributed by atoms with Crippen molar-refractivity contribution >= 4 is 15.9 Å². The van der Waals surface area contributed by atoms with Crippen molar-refractivity contribution in [1.82, 2.24) is 0 Å². The Morgan fingerprint density at radius 1 is 1.42 bits per heavy atom. The highest BCUT2D eigenvalue weighted by atomic mass is 79.9. The zero-order valence-electron chi connectivity index (χ0n) is 11.9. The Kier molecular flexibility index (Phi) is 4.91. The van der Waals surface area contributed by atoms with Crippen LogP contribution in [0.1, 0.15) is 44.6 Å². The fourth-order valence-corrected chi connectivity index (χ4v) is 3.73. The quantitative estimate of drug-likeness (QED) is 0.895. The molecule has 1 aromatic rings. The summed E-state index contributed by atoms with van der Waals surface area (Å²) in [5.74, 6) is 1.55. The molecule has 1 aromatic carbocycles. The minimum absolute atomic E-state index is 0.0537. The van der Waals surface area contributed by atoms with Crippen LogP contribution in [0.25, 0.3) is 0 Å². The molecule has 0 heterocycles. The first kappa shape index (κ1) is 14.9. The van der Waals surface area contributed by atoms with Gasteiger partial charge < -0.3 is 10.5 Å². The molecule has 0 aliphatic heterocycles. The summed E-state index contributed by atoms with van der Waals surface area (Å²) >= 11 is 3.64. The van der Waals surface area contributed by atoms with Crippen molar-refractivity contribution in [3.8, 4) is 5.75 Å². The second-order valence-electron chi connectivity index (χ2n) is 5.72. The van der Waals surface area contributed by atoms with E-state index in [0.717, 1.165) is 23.1 Å². The van der Waals surface area contributed by atoms with Crippen molar-refractivity contribution in [2.75, 3.05) is 7.11 Å². The summed E-state index contributed by atoms with van der Waals surface area (Å²) in [6.45, 7) is 2.26. The molecular formula is C16H24BrNO. The molecular weight excluding hydrogens is 302 g/mol. The Hall–Kier alpha value is -0.540. The van der Waals surface area contributed by atoms with Gasteiger partial charge in [0.05, 0.1) is 7.11 Å². The highest BCUT2D eigenvalue weighted by Crippen LogP contribution is 2.38. The van der Waals surface area contributed by atoms with Crippen LogP contribution < -0.4 is 10.5 Å². The Morgan fingerprint density at radius 3 is 2.89 bits per heavy atom. The van der Waals surface area contributed by atoms with Crippen molar-refractivity contribution in [3.05, 3.63) is 28.2 Å². The van der Waals surface area contributed by atoms with Gasteiger partial charge in [-0.2, -0.15) is 0 Å². The number of ether oxygens (including phenoxy) is 1. The summed E-state index contributed by atoms with van der Waals surface area (Å²) in [4.78, 5) is 0. The predicted molar refractivity (Wildman–Crippen MR) is 83.6 cm³/mol. The van der Waals surface area contributed by atoms with Crippen LogP contribution in [0, 0.1) is 5.92 Å². The lowest BCUT2D eigenvalue weighted by atomic mass is 9.69. The Balaban J connectivity index is 2.23. The second kappa shape index (κ2) is 6.27. The van der Waals surface area contributed by atoms with Crippen molar-refractivity contribution in [1.29, 1.82) is 0 Å². The van der Waals surface area contributed by atoms with Gasteiger partial charge in [-0.3, -0.25) is 0 Å². The van der Waals surface area contributed by atoms with Crippen LogP contribution in [0.3, 0.4) is 0 Å². The van der Waals surface area contributed by atoms with Gasteiger partial charge in [-0.15, -0.1) is 0 Å². The van der Waals surface area contributed by atoms with E-state index in [1.165, 1.54) is 31.2 Å². The molecule has 0 radical (unpaired) electrons. The maximum Gasteiger partial charge on any atom is 0.119 e. The molecule has 0 spiro atoms. The Labute approximate surface area is 124 Å². The molecule has 2 nitrogen and oxygen atoms in total. The van der Waals surface area contributed by atoms with Gasteiger partial charge in [0.15, 0.2) is 0 Å². The maximum atomic E-state index is 6.74. The third-order valence-corrected chi connectivity index (χ3v) is 5.30. The van der Waals surface area contributed by atoms with Crippen LogP contribution >= 0.6 is 15.9 Å². The van der Waals surface area contributed by atoms with E-state index in [2.05, 4.69) is 35.0 Å². The summed E-state index contributed by atoms with van der Waals surface area (Å²) in [7, 11) is 1.71. The average molecular weight is 326 g/mol. The molecule has 1 saturated carbocycles. The number of nitrogens with two attached hydrogens (primary N) is 1. The average Bonchev–Trinajstić information content (AvgIpc) is 2.41. The van der Waals surface area contributed by atoms with Crippen molar-refractivity contribution < 1.29 is 4.74 Å². The van der Waals surface area contributed by atoms with Crippen LogP contribution in [0.15, 0.2) is 22.7 Å². The largest absolute Gasteiger partial charge is 0.497 e. The molecule has 2 atom stereocenters. The van der Waals surface area contributed by atoms with Gasteiger partial charge >= 0.3 is 0 Å². The smallest absolute Gasteiger partial charge is 0.119 e. The van der Waals surface area contributed by atoms with Gasteiger partial charge in [0.2, 0.25) is 0 Å². The Bertz CT molecular complexity index is 435. The van der Waals surface area contributed by atoms with Crippen LogP contribution in [0.5, 0.6) is 5.75 Å². The van der Waals surface area contributed by atoms with Gasteiger partial charge in [0, 0.05) is 10.0 Å². The van der Waals surface area contributed by atoms with E-state index in [1.54, 1.807) is 7.11 Å². The van der Waals surface area contributed by atoms with Crippen LogP contribution in [-0.4, -0.2) is 12.6 Å². The molecule has 19 heavy (non-hydrogen) atoms. The van der Waals surface area contributed by atoms with Crippen molar-refractivity contribution in [2.45, 2.75) is 51.0 Å². The summed E-state index contributed by atoms with van der Waals surface area (Å²) in [6, 6.07) is 6.15. The number of benzene rings is 1. The highest BCUT2D eigenvalue weighted by molar-refractivity contribution is 9.10. The maximum absolute atomic E-state index is 6.74. The first-order chi connectivity index (χ1) is 9.09. The fourth-order valence-electron chi connectivity index (χ4n) is 3.35. The lowest BCUT2D eigenvalue weighted by molar-refractivity contribution is 0.182. The molecule has 2 rings (SSSR count). The summed E-state index contributed by atoms with van der Waals surface area (Å²) < 4.78 is 6.46. The van der Waals surface area contributed by atoms with Crippen LogP contribution in [-0.2, 0) is 6.42 Å². The molecule has 2 unspecified atom stereocenters. The molecule has 2 N–H and O–H groups in total. The van der Waals surface area contributed by atoms with Crippen LogP contribution in [0.4, 0.5) is 0 Å². The summed E-state index contributed by atoms with van der Waals surface area (Å²) in [5, 5.41) is 0. The normalized spacial score (nSPS) is 27.3. The minimum atomic E-state index is -0.0537. The highest BCUT2D eigenvalue weighted by Gasteiger charge is 2.36. The van der Waals surface area contributed by atoms with E-state index >= 15 is 0 Å². The number of methoxy groups -OCH3 is 1. The lowest BCUT2D eigenvalue weighted by Gasteiger charge is -2.41. The van der Waals surface area contributed by atoms with Gasteiger partial charge in [0.25, 0.3) is 0 Å². The number of hydrogen-bond donors (Lipinski definition) is 1. The van der Waals surface area contributed by atoms with Crippen molar-refractivity contribution in [3.63, 3.8) is 0 Å². The molecule has 0 amide bonds. The van der Waals surface area contributed by atoms with E-state index in [4.69, 9.17) is 10.5 Å². The number of hydrogen-bond acceptors (Lipinski definition) is 2. The first-order valence-electron chi connectivity index (χ1n) is 7.20. The summed E-state index contributed by atoms with van der Waals surface area (Å²) in [5.41, 5.74) is 7.96. The molecule has 1 aliphatic carbocycles. The molecule has 1 aliphatic rings. The first-order valence-corrected chi connectivity index (χ1v) is 7.99. The molecule has 0 bridgehead atoms. The molecule has 3 heteroatoms. The van der Waals surface area contributed by atoms with Gasteiger partial charge in [-0.1, -0.05) is 42.1 Å².